The van der Waals surface area contributed by atoms with Gasteiger partial charge in [0.05, 0.1) is 31.2 Å². The van der Waals surface area contributed by atoms with Crippen LogP contribution in [0.5, 0.6) is 0 Å². The van der Waals surface area contributed by atoms with Crippen molar-refractivity contribution in [3.8, 4) is 0 Å². The molecule has 1 aromatic carbocycles. The van der Waals surface area contributed by atoms with Crippen LogP contribution in [0.25, 0.3) is 0 Å². The number of benzene rings is 1. The van der Waals surface area contributed by atoms with Gasteiger partial charge in [-0.05, 0) is 18.6 Å². The molecule has 180 valence electrons. The van der Waals surface area contributed by atoms with Crippen LogP contribution in [-0.4, -0.2) is 66.0 Å². The molecule has 4 heterocycles. The largest absolute Gasteiger partial charge is 0.442 e. The number of aromatic nitrogens is 2. The fraction of sp³-hybridized carbons (Fsp3) is 0.455. The molecule has 1 unspecified atom stereocenters. The maximum atomic E-state index is 14.7. The van der Waals surface area contributed by atoms with Crippen LogP contribution in [0.15, 0.2) is 24.4 Å². The van der Waals surface area contributed by atoms with Gasteiger partial charge in [-0.15, -0.1) is 0 Å². The molecule has 2 aromatic rings. The number of anilines is 2. The molecule has 5 rings (SSSR count). The minimum Gasteiger partial charge on any atom is -0.442 e. The van der Waals surface area contributed by atoms with Crippen molar-refractivity contribution in [2.24, 2.45) is 7.05 Å². The van der Waals surface area contributed by atoms with Gasteiger partial charge in [-0.25, -0.2) is 13.6 Å². The van der Waals surface area contributed by atoms with E-state index < -0.39 is 35.5 Å². The zero-order valence-corrected chi connectivity index (χ0v) is 18.5. The van der Waals surface area contributed by atoms with Gasteiger partial charge >= 0.3 is 6.09 Å². The molecule has 3 fully saturated rings. The molecular weight excluding hydrogens is 450 g/mol. The van der Waals surface area contributed by atoms with Crippen LogP contribution in [-0.2, 0) is 21.4 Å². The maximum absolute atomic E-state index is 14.7. The number of nitrogens with zero attached hydrogens (tertiary/aromatic N) is 4. The van der Waals surface area contributed by atoms with E-state index in [1.807, 2.05) is 13.1 Å². The molecule has 0 spiro atoms. The highest BCUT2D eigenvalue weighted by atomic mass is 19.1. The van der Waals surface area contributed by atoms with Gasteiger partial charge in [0.15, 0.2) is 0 Å². The maximum Gasteiger partial charge on any atom is 0.407 e. The average Bonchev–Trinajstić information content (AvgIpc) is 3.13. The molecular formula is C22H24F2N6O4. The predicted molar refractivity (Wildman–Crippen MR) is 116 cm³/mol. The smallest absolute Gasteiger partial charge is 0.407 e. The minimum absolute atomic E-state index is 0.0365. The first kappa shape index (κ1) is 22.1. The van der Waals surface area contributed by atoms with E-state index in [9.17, 15) is 23.2 Å². The number of piperidine rings is 1. The highest BCUT2D eigenvalue weighted by Crippen LogP contribution is 2.33. The molecule has 12 heteroatoms. The van der Waals surface area contributed by atoms with Gasteiger partial charge in [0.25, 0.3) is 0 Å². The number of carbonyl (C=O) groups is 3. The molecule has 2 N–H and O–H groups in total. The number of hydrogen-bond donors (Lipinski definition) is 2. The standard InChI is InChI=1S/C22H24F2N6O4/c1-28-19(4-5-25-28)30-10-14(11-30)34-22(33)26-12-8-29(9-12)13-6-16(23)20(17(24)7-13)15-2-3-18(31)27-21(15)32/h4-7,12,14-15H,2-3,8-11H2,1H3,(H,26,33)(H,27,31,32). The number of rotatable bonds is 5. The summed E-state index contributed by atoms with van der Waals surface area (Å²) < 4.78 is 36.6. The first-order valence-corrected chi connectivity index (χ1v) is 11.1. The van der Waals surface area contributed by atoms with E-state index in [4.69, 9.17) is 4.74 Å². The van der Waals surface area contributed by atoms with Crippen molar-refractivity contribution in [1.29, 1.82) is 0 Å². The topological polar surface area (TPSA) is 109 Å². The lowest BCUT2D eigenvalue weighted by atomic mass is 9.89. The first-order chi connectivity index (χ1) is 16.3. The van der Waals surface area contributed by atoms with Crippen molar-refractivity contribution in [3.63, 3.8) is 0 Å². The van der Waals surface area contributed by atoms with Crippen LogP contribution in [0.2, 0.25) is 0 Å². The second-order valence-corrected chi connectivity index (χ2v) is 8.82. The van der Waals surface area contributed by atoms with Crippen molar-refractivity contribution >= 4 is 29.4 Å². The number of aryl methyl sites for hydroxylation is 1. The molecule has 10 nitrogen and oxygen atoms in total. The lowest BCUT2D eigenvalue weighted by Crippen LogP contribution is -2.61. The normalized spacial score (nSPS) is 21.1. The lowest BCUT2D eigenvalue weighted by molar-refractivity contribution is -0.134. The third-order valence-electron chi connectivity index (χ3n) is 6.46. The van der Waals surface area contributed by atoms with Crippen molar-refractivity contribution in [2.45, 2.75) is 30.9 Å². The van der Waals surface area contributed by atoms with Crippen LogP contribution in [0.1, 0.15) is 24.3 Å². The monoisotopic (exact) mass is 474 g/mol. The van der Waals surface area contributed by atoms with Crippen LogP contribution < -0.4 is 20.4 Å². The fourth-order valence-corrected chi connectivity index (χ4v) is 4.56. The first-order valence-electron chi connectivity index (χ1n) is 11.1. The number of amides is 3. The molecule has 1 aromatic heterocycles. The Kier molecular flexibility index (Phi) is 5.58. The second kappa shape index (κ2) is 8.58. The van der Waals surface area contributed by atoms with Gasteiger partial charge in [-0.1, -0.05) is 0 Å². The highest BCUT2D eigenvalue weighted by molar-refractivity contribution is 6.01. The molecule has 0 aliphatic carbocycles. The number of halogens is 2. The summed E-state index contributed by atoms with van der Waals surface area (Å²) in [7, 11) is 1.85. The number of imide groups is 1. The molecule has 0 radical (unpaired) electrons. The summed E-state index contributed by atoms with van der Waals surface area (Å²) in [6.45, 7) is 1.92. The SMILES string of the molecule is Cn1nccc1N1CC(OC(=O)NC2CN(c3cc(F)c(C4CCC(=O)NC4=O)c(F)c3)C2)C1. The Bertz CT molecular complexity index is 1120. The van der Waals surface area contributed by atoms with Crippen molar-refractivity contribution in [1.82, 2.24) is 20.4 Å². The molecule has 3 aliphatic heterocycles. The van der Waals surface area contributed by atoms with E-state index in [1.54, 1.807) is 15.8 Å². The quantitative estimate of drug-likeness (QED) is 0.623. The van der Waals surface area contributed by atoms with E-state index in [-0.39, 0.29) is 30.6 Å². The molecule has 1 atom stereocenters. The second-order valence-electron chi connectivity index (χ2n) is 8.82. The highest BCUT2D eigenvalue weighted by Gasteiger charge is 2.36. The minimum atomic E-state index is -1.03. The van der Waals surface area contributed by atoms with Gasteiger partial charge in [-0.2, -0.15) is 5.10 Å². The van der Waals surface area contributed by atoms with Gasteiger partial charge < -0.3 is 19.9 Å². The van der Waals surface area contributed by atoms with E-state index in [2.05, 4.69) is 20.6 Å². The zero-order valence-electron chi connectivity index (χ0n) is 18.5. The van der Waals surface area contributed by atoms with E-state index in [0.29, 0.717) is 31.9 Å². The van der Waals surface area contributed by atoms with E-state index >= 15 is 0 Å². The summed E-state index contributed by atoms with van der Waals surface area (Å²) in [4.78, 5) is 39.2. The Hall–Kier alpha value is -3.70. The zero-order chi connectivity index (χ0) is 24.0. The van der Waals surface area contributed by atoms with E-state index in [1.165, 1.54) is 12.1 Å². The van der Waals surface area contributed by atoms with Crippen LogP contribution >= 0.6 is 0 Å². The lowest BCUT2D eigenvalue weighted by Gasteiger charge is -2.42. The summed E-state index contributed by atoms with van der Waals surface area (Å²) >= 11 is 0. The van der Waals surface area contributed by atoms with Gasteiger partial charge in [0.2, 0.25) is 11.8 Å². The number of hydrogen-bond acceptors (Lipinski definition) is 7. The van der Waals surface area contributed by atoms with Crippen LogP contribution in [0.3, 0.4) is 0 Å². The number of alkyl carbamates (subject to hydrolysis) is 1. The van der Waals surface area contributed by atoms with Gasteiger partial charge in [0, 0.05) is 43.9 Å². The number of nitrogens with one attached hydrogen (secondary N) is 2. The van der Waals surface area contributed by atoms with E-state index in [0.717, 1.165) is 5.82 Å². The summed E-state index contributed by atoms with van der Waals surface area (Å²) in [5.41, 5.74) is -0.00327. The van der Waals surface area contributed by atoms with Crippen LogP contribution in [0, 0.1) is 11.6 Å². The number of ether oxygens (including phenoxy) is 1. The Morgan fingerprint density at radius 1 is 1.15 bits per heavy atom. The average molecular weight is 474 g/mol. The fourth-order valence-electron chi connectivity index (χ4n) is 4.56. The third kappa shape index (κ3) is 4.15. The summed E-state index contributed by atoms with van der Waals surface area (Å²) in [5.74, 6) is -2.88. The Balaban J connectivity index is 1.11. The molecule has 3 aliphatic rings. The Labute approximate surface area is 193 Å². The molecule has 34 heavy (non-hydrogen) atoms. The summed E-state index contributed by atoms with van der Waals surface area (Å²) in [6, 6.07) is 4.04. The van der Waals surface area contributed by atoms with Gasteiger partial charge in [0.1, 0.15) is 23.6 Å². The van der Waals surface area contributed by atoms with Crippen molar-refractivity contribution in [2.75, 3.05) is 36.0 Å². The molecule has 3 amide bonds. The Morgan fingerprint density at radius 3 is 2.47 bits per heavy atom. The Morgan fingerprint density at radius 2 is 1.85 bits per heavy atom. The molecule has 3 saturated heterocycles. The molecule has 0 bridgehead atoms. The van der Waals surface area contributed by atoms with Crippen molar-refractivity contribution in [3.05, 3.63) is 41.6 Å². The third-order valence-corrected chi connectivity index (χ3v) is 6.46. The predicted octanol–water partition coefficient (Wildman–Crippen LogP) is 1.02. The summed E-state index contributed by atoms with van der Waals surface area (Å²) in [6.07, 6.45) is 1.07. The van der Waals surface area contributed by atoms with Crippen LogP contribution in [0.4, 0.5) is 25.1 Å². The molecule has 0 saturated carbocycles. The van der Waals surface area contributed by atoms with Crippen molar-refractivity contribution < 1.29 is 27.9 Å². The summed E-state index contributed by atoms with van der Waals surface area (Å²) in [5, 5.41) is 9.00. The van der Waals surface area contributed by atoms with Gasteiger partial charge in [-0.3, -0.25) is 19.6 Å². The number of carbonyl (C=O) groups excluding carboxylic acids is 3.